The minimum absolute atomic E-state index is 0.0538. The Morgan fingerprint density at radius 2 is 1.73 bits per heavy atom. The molecular weight excluding hydrogens is 402 g/mol. The van der Waals surface area contributed by atoms with Gasteiger partial charge in [-0.1, -0.05) is 27.7 Å². The largest absolute Gasteiger partial charge is 0.378 e. The summed E-state index contributed by atoms with van der Waals surface area (Å²) in [6.07, 6.45) is 0.882. The number of carbonyl (C=O) groups is 1. The van der Waals surface area contributed by atoms with Gasteiger partial charge < -0.3 is 14.5 Å². The minimum atomic E-state index is -3.65. The van der Waals surface area contributed by atoms with Gasteiger partial charge in [-0.15, -0.1) is 0 Å². The summed E-state index contributed by atoms with van der Waals surface area (Å²) in [4.78, 5) is 17.5. The van der Waals surface area contributed by atoms with Crippen molar-refractivity contribution in [1.29, 1.82) is 0 Å². The standard InChI is InChI=1S/C22H37N3O4S/c1-7-25(8-2)30(27,28)19-9-10-21(24-11-13-29-14-12-24)20(16-19)22(26)23(6)18(5)15-17(3)4/h9-10,16-18H,7-8,11-15H2,1-6H3. The van der Waals surface area contributed by atoms with E-state index < -0.39 is 10.0 Å². The molecule has 1 aliphatic rings. The van der Waals surface area contributed by atoms with Crippen LogP contribution in [0.4, 0.5) is 5.69 Å². The van der Waals surface area contributed by atoms with E-state index in [4.69, 9.17) is 4.74 Å². The maximum absolute atomic E-state index is 13.5. The lowest BCUT2D eigenvalue weighted by molar-refractivity contribution is 0.0727. The third-order valence-corrected chi connectivity index (χ3v) is 7.73. The predicted molar refractivity (Wildman–Crippen MR) is 121 cm³/mol. The van der Waals surface area contributed by atoms with Crippen LogP contribution in [0.5, 0.6) is 0 Å². The van der Waals surface area contributed by atoms with Crippen LogP contribution in [-0.2, 0) is 14.8 Å². The Labute approximate surface area is 182 Å². The van der Waals surface area contributed by atoms with Crippen LogP contribution in [-0.4, -0.2) is 76.0 Å². The third kappa shape index (κ3) is 5.53. The number of benzene rings is 1. The molecule has 0 spiro atoms. The number of anilines is 1. The molecule has 8 heteroatoms. The number of hydrogen-bond donors (Lipinski definition) is 0. The number of morpholine rings is 1. The van der Waals surface area contributed by atoms with E-state index in [9.17, 15) is 13.2 Å². The van der Waals surface area contributed by atoms with Gasteiger partial charge in [0.1, 0.15) is 0 Å². The van der Waals surface area contributed by atoms with Crippen molar-refractivity contribution in [3.05, 3.63) is 23.8 Å². The summed E-state index contributed by atoms with van der Waals surface area (Å²) in [5, 5.41) is 0. The highest BCUT2D eigenvalue weighted by atomic mass is 32.2. The first kappa shape index (κ1) is 24.6. The van der Waals surface area contributed by atoms with E-state index in [1.54, 1.807) is 30.1 Å². The van der Waals surface area contributed by atoms with Gasteiger partial charge in [-0.3, -0.25) is 4.79 Å². The fraction of sp³-hybridized carbons (Fsp3) is 0.682. The first-order chi connectivity index (χ1) is 14.1. The number of nitrogens with zero attached hydrogens (tertiary/aromatic N) is 3. The molecular formula is C22H37N3O4S. The van der Waals surface area contributed by atoms with Gasteiger partial charge in [0, 0.05) is 45.0 Å². The summed E-state index contributed by atoms with van der Waals surface area (Å²) in [6, 6.07) is 5.00. The number of amides is 1. The van der Waals surface area contributed by atoms with Crippen LogP contribution in [0.25, 0.3) is 0 Å². The lowest BCUT2D eigenvalue weighted by Crippen LogP contribution is -2.40. The smallest absolute Gasteiger partial charge is 0.255 e. The van der Waals surface area contributed by atoms with Crippen molar-refractivity contribution in [1.82, 2.24) is 9.21 Å². The van der Waals surface area contributed by atoms with E-state index in [2.05, 4.69) is 18.7 Å². The fourth-order valence-electron chi connectivity index (χ4n) is 3.87. The zero-order valence-electron chi connectivity index (χ0n) is 19.2. The molecule has 1 amide bonds. The number of carbonyl (C=O) groups excluding carboxylic acids is 1. The minimum Gasteiger partial charge on any atom is -0.378 e. The topological polar surface area (TPSA) is 70.2 Å². The molecule has 1 atom stereocenters. The fourth-order valence-corrected chi connectivity index (χ4v) is 5.35. The van der Waals surface area contributed by atoms with Crippen LogP contribution in [0.15, 0.2) is 23.1 Å². The first-order valence-electron chi connectivity index (χ1n) is 10.9. The second-order valence-electron chi connectivity index (χ2n) is 8.26. The van der Waals surface area contributed by atoms with E-state index in [1.165, 1.54) is 4.31 Å². The van der Waals surface area contributed by atoms with Crippen LogP contribution in [0.2, 0.25) is 0 Å². The molecule has 0 saturated carbocycles. The molecule has 1 aromatic rings. The molecule has 0 aliphatic carbocycles. The highest BCUT2D eigenvalue weighted by molar-refractivity contribution is 7.89. The summed E-state index contributed by atoms with van der Waals surface area (Å²) in [5.41, 5.74) is 1.20. The molecule has 0 aromatic heterocycles. The molecule has 1 saturated heterocycles. The van der Waals surface area contributed by atoms with Gasteiger partial charge in [0.05, 0.1) is 23.7 Å². The summed E-state index contributed by atoms with van der Waals surface area (Å²) < 4.78 is 33.0. The second-order valence-corrected chi connectivity index (χ2v) is 10.2. The molecule has 1 unspecified atom stereocenters. The third-order valence-electron chi connectivity index (χ3n) is 5.69. The SMILES string of the molecule is CCN(CC)S(=O)(=O)c1ccc(N2CCOCC2)c(C(=O)N(C)C(C)CC(C)C)c1. The average molecular weight is 440 g/mol. The van der Waals surface area contributed by atoms with Crippen LogP contribution < -0.4 is 4.90 Å². The normalized spacial score (nSPS) is 16.2. The summed E-state index contributed by atoms with van der Waals surface area (Å²) in [7, 11) is -1.85. The van der Waals surface area contributed by atoms with E-state index >= 15 is 0 Å². The quantitative estimate of drug-likeness (QED) is 0.591. The van der Waals surface area contributed by atoms with Crippen LogP contribution >= 0.6 is 0 Å². The number of rotatable bonds is 9. The zero-order valence-corrected chi connectivity index (χ0v) is 20.0. The second kappa shape index (κ2) is 10.6. The Bertz CT molecular complexity index is 816. The number of ether oxygens (including phenoxy) is 1. The van der Waals surface area contributed by atoms with Crippen molar-refractivity contribution in [2.24, 2.45) is 5.92 Å². The molecule has 1 fully saturated rings. The molecule has 7 nitrogen and oxygen atoms in total. The maximum atomic E-state index is 13.5. The summed E-state index contributed by atoms with van der Waals surface area (Å²) >= 11 is 0. The number of hydrogen-bond acceptors (Lipinski definition) is 5. The molecule has 1 heterocycles. The van der Waals surface area contributed by atoms with Gasteiger partial charge in [-0.25, -0.2) is 8.42 Å². The molecule has 2 rings (SSSR count). The van der Waals surface area contributed by atoms with Gasteiger partial charge in [0.2, 0.25) is 10.0 Å². The molecule has 0 bridgehead atoms. The lowest BCUT2D eigenvalue weighted by Gasteiger charge is -2.33. The average Bonchev–Trinajstić information content (AvgIpc) is 2.73. The molecule has 0 radical (unpaired) electrons. The van der Waals surface area contributed by atoms with Crippen LogP contribution in [0.1, 0.15) is 51.4 Å². The highest BCUT2D eigenvalue weighted by Gasteiger charge is 2.28. The van der Waals surface area contributed by atoms with E-state index in [0.29, 0.717) is 50.9 Å². The van der Waals surface area contributed by atoms with Crippen LogP contribution in [0.3, 0.4) is 0 Å². The predicted octanol–water partition coefficient (Wildman–Crippen LogP) is 3.06. The van der Waals surface area contributed by atoms with E-state index in [-0.39, 0.29) is 16.8 Å². The Morgan fingerprint density at radius 1 is 1.13 bits per heavy atom. The highest BCUT2D eigenvalue weighted by Crippen LogP contribution is 2.28. The summed E-state index contributed by atoms with van der Waals surface area (Å²) in [5.74, 6) is 0.310. The first-order valence-corrected chi connectivity index (χ1v) is 12.3. The van der Waals surface area contributed by atoms with Crippen molar-refractivity contribution in [2.45, 2.75) is 52.0 Å². The van der Waals surface area contributed by atoms with Crippen molar-refractivity contribution in [3.8, 4) is 0 Å². The zero-order chi connectivity index (χ0) is 22.5. The van der Waals surface area contributed by atoms with Gasteiger partial charge in [0.15, 0.2) is 0 Å². The van der Waals surface area contributed by atoms with Crippen molar-refractivity contribution < 1.29 is 17.9 Å². The van der Waals surface area contributed by atoms with Crippen molar-refractivity contribution >= 4 is 21.6 Å². The van der Waals surface area contributed by atoms with Gasteiger partial charge in [-0.05, 0) is 37.5 Å². The monoisotopic (exact) mass is 439 g/mol. The summed E-state index contributed by atoms with van der Waals surface area (Å²) in [6.45, 7) is 13.2. The van der Waals surface area contributed by atoms with Gasteiger partial charge in [-0.2, -0.15) is 4.31 Å². The Morgan fingerprint density at radius 3 is 2.27 bits per heavy atom. The maximum Gasteiger partial charge on any atom is 0.255 e. The van der Waals surface area contributed by atoms with Crippen molar-refractivity contribution in [3.63, 3.8) is 0 Å². The molecule has 0 N–H and O–H groups in total. The van der Waals surface area contributed by atoms with E-state index in [0.717, 1.165) is 12.1 Å². The molecule has 170 valence electrons. The molecule has 30 heavy (non-hydrogen) atoms. The van der Waals surface area contributed by atoms with Gasteiger partial charge in [0.25, 0.3) is 5.91 Å². The molecule has 1 aliphatic heterocycles. The Balaban J connectivity index is 2.51. The Kier molecular flexibility index (Phi) is 8.70. The molecule has 1 aromatic carbocycles. The van der Waals surface area contributed by atoms with Gasteiger partial charge >= 0.3 is 0 Å². The lowest BCUT2D eigenvalue weighted by atomic mass is 10.0. The Hall–Kier alpha value is -1.64. The van der Waals surface area contributed by atoms with Crippen LogP contribution in [0, 0.1) is 5.92 Å². The number of sulfonamides is 1. The van der Waals surface area contributed by atoms with Crippen molar-refractivity contribution in [2.75, 3.05) is 51.3 Å². The van der Waals surface area contributed by atoms with E-state index in [1.807, 2.05) is 20.8 Å².